The summed E-state index contributed by atoms with van der Waals surface area (Å²) in [4.78, 5) is 19.7. The highest BCUT2D eigenvalue weighted by Crippen LogP contribution is 2.25. The molecule has 1 saturated heterocycles. The van der Waals surface area contributed by atoms with Gasteiger partial charge in [-0.25, -0.2) is 14.8 Å². The van der Waals surface area contributed by atoms with Crippen LogP contribution < -0.4 is 0 Å². The second kappa shape index (κ2) is 5.72. The lowest BCUT2D eigenvalue weighted by atomic mass is 9.96. The van der Waals surface area contributed by atoms with Crippen LogP contribution in [0, 0.1) is 0 Å². The quantitative estimate of drug-likeness (QED) is 0.745. The SMILES string of the molecule is CCOC(=O)c1cc(C2CCOCC2)ncn1. The molecule has 0 aliphatic carbocycles. The molecule has 1 aliphatic rings. The summed E-state index contributed by atoms with van der Waals surface area (Å²) in [6.45, 7) is 3.64. The van der Waals surface area contributed by atoms with Crippen molar-refractivity contribution >= 4 is 5.97 Å². The molecule has 17 heavy (non-hydrogen) atoms. The number of aromatic nitrogens is 2. The molecule has 2 rings (SSSR count). The molecule has 0 N–H and O–H groups in total. The fraction of sp³-hybridized carbons (Fsp3) is 0.583. The van der Waals surface area contributed by atoms with E-state index in [1.807, 2.05) is 0 Å². The van der Waals surface area contributed by atoms with E-state index in [0.717, 1.165) is 31.7 Å². The summed E-state index contributed by atoms with van der Waals surface area (Å²) in [7, 11) is 0. The summed E-state index contributed by atoms with van der Waals surface area (Å²) in [5, 5.41) is 0. The fourth-order valence-corrected chi connectivity index (χ4v) is 1.91. The first-order valence-electron chi connectivity index (χ1n) is 5.88. The van der Waals surface area contributed by atoms with Gasteiger partial charge < -0.3 is 9.47 Å². The summed E-state index contributed by atoms with van der Waals surface area (Å²) in [5.74, 6) is -0.0249. The van der Waals surface area contributed by atoms with Gasteiger partial charge >= 0.3 is 5.97 Å². The van der Waals surface area contributed by atoms with E-state index in [1.165, 1.54) is 6.33 Å². The second-order valence-electron chi connectivity index (χ2n) is 3.94. The summed E-state index contributed by atoms with van der Waals surface area (Å²) < 4.78 is 10.2. The van der Waals surface area contributed by atoms with Crippen LogP contribution >= 0.6 is 0 Å². The van der Waals surface area contributed by atoms with E-state index in [1.54, 1.807) is 13.0 Å². The van der Waals surface area contributed by atoms with Crippen molar-refractivity contribution in [3.63, 3.8) is 0 Å². The molecule has 2 heterocycles. The van der Waals surface area contributed by atoms with Gasteiger partial charge in [0, 0.05) is 24.8 Å². The van der Waals surface area contributed by atoms with Crippen molar-refractivity contribution in [2.45, 2.75) is 25.7 Å². The van der Waals surface area contributed by atoms with Crippen molar-refractivity contribution in [1.29, 1.82) is 0 Å². The molecule has 0 aromatic carbocycles. The predicted molar refractivity (Wildman–Crippen MR) is 60.8 cm³/mol. The predicted octanol–water partition coefficient (Wildman–Crippen LogP) is 1.55. The maximum absolute atomic E-state index is 11.5. The lowest BCUT2D eigenvalue weighted by Gasteiger charge is -2.21. The number of rotatable bonds is 3. The minimum absolute atomic E-state index is 0.336. The normalized spacial score (nSPS) is 16.8. The summed E-state index contributed by atoms with van der Waals surface area (Å²) in [6.07, 6.45) is 3.32. The van der Waals surface area contributed by atoms with Crippen molar-refractivity contribution < 1.29 is 14.3 Å². The highest BCUT2D eigenvalue weighted by atomic mass is 16.5. The Hall–Kier alpha value is -1.49. The molecule has 1 fully saturated rings. The number of hydrogen-bond donors (Lipinski definition) is 0. The van der Waals surface area contributed by atoms with Crippen molar-refractivity contribution in [2.24, 2.45) is 0 Å². The van der Waals surface area contributed by atoms with E-state index >= 15 is 0 Å². The molecule has 0 unspecified atom stereocenters. The largest absolute Gasteiger partial charge is 0.461 e. The van der Waals surface area contributed by atoms with E-state index in [4.69, 9.17) is 9.47 Å². The third kappa shape index (κ3) is 3.00. The topological polar surface area (TPSA) is 61.3 Å². The average molecular weight is 236 g/mol. The first-order valence-corrected chi connectivity index (χ1v) is 5.88. The van der Waals surface area contributed by atoms with Crippen LogP contribution in [0.2, 0.25) is 0 Å². The summed E-state index contributed by atoms with van der Waals surface area (Å²) in [6, 6.07) is 1.73. The smallest absolute Gasteiger partial charge is 0.357 e. The standard InChI is InChI=1S/C12H16N2O3/c1-2-17-12(15)11-7-10(13-8-14-11)9-3-5-16-6-4-9/h7-9H,2-6H2,1H3. The maximum Gasteiger partial charge on any atom is 0.357 e. The molecule has 0 radical (unpaired) electrons. The number of carbonyl (C=O) groups is 1. The minimum Gasteiger partial charge on any atom is -0.461 e. The molecule has 5 heteroatoms. The van der Waals surface area contributed by atoms with Gasteiger partial charge in [-0.15, -0.1) is 0 Å². The van der Waals surface area contributed by atoms with Gasteiger partial charge in [0.1, 0.15) is 6.33 Å². The van der Waals surface area contributed by atoms with Gasteiger partial charge in [-0.3, -0.25) is 0 Å². The Morgan fingerprint density at radius 2 is 2.24 bits per heavy atom. The second-order valence-corrected chi connectivity index (χ2v) is 3.94. The van der Waals surface area contributed by atoms with Crippen LogP contribution in [0.15, 0.2) is 12.4 Å². The van der Waals surface area contributed by atoms with Crippen molar-refractivity contribution in [3.8, 4) is 0 Å². The molecule has 1 aromatic rings. The molecular formula is C12H16N2O3. The van der Waals surface area contributed by atoms with Crippen LogP contribution in [-0.4, -0.2) is 35.8 Å². The third-order valence-corrected chi connectivity index (χ3v) is 2.81. The van der Waals surface area contributed by atoms with E-state index < -0.39 is 0 Å². The minimum atomic E-state index is -0.386. The molecule has 1 aliphatic heterocycles. The van der Waals surface area contributed by atoms with Crippen LogP contribution in [0.1, 0.15) is 41.9 Å². The Labute approximate surface area is 100 Å². The average Bonchev–Trinajstić information content (AvgIpc) is 2.40. The van der Waals surface area contributed by atoms with Gasteiger partial charge in [0.15, 0.2) is 5.69 Å². The Bertz CT molecular complexity index is 389. The molecule has 0 saturated carbocycles. The first-order chi connectivity index (χ1) is 8.31. The number of hydrogen-bond acceptors (Lipinski definition) is 5. The van der Waals surface area contributed by atoms with Gasteiger partial charge in [0.25, 0.3) is 0 Å². The monoisotopic (exact) mass is 236 g/mol. The highest BCUT2D eigenvalue weighted by molar-refractivity contribution is 5.87. The molecule has 5 nitrogen and oxygen atoms in total. The lowest BCUT2D eigenvalue weighted by molar-refractivity contribution is 0.0518. The van der Waals surface area contributed by atoms with Gasteiger partial charge in [-0.1, -0.05) is 0 Å². The van der Waals surface area contributed by atoms with E-state index in [2.05, 4.69) is 9.97 Å². The molecule has 92 valence electrons. The molecule has 0 amide bonds. The van der Waals surface area contributed by atoms with Gasteiger partial charge in [-0.05, 0) is 25.8 Å². The number of esters is 1. The van der Waals surface area contributed by atoms with Gasteiger partial charge in [-0.2, -0.15) is 0 Å². The summed E-state index contributed by atoms with van der Waals surface area (Å²) in [5.41, 5.74) is 1.25. The van der Waals surface area contributed by atoms with Crippen LogP contribution in [0.4, 0.5) is 0 Å². The lowest BCUT2D eigenvalue weighted by Crippen LogP contribution is -2.16. The number of carbonyl (C=O) groups excluding carboxylic acids is 1. The van der Waals surface area contributed by atoms with E-state index in [-0.39, 0.29) is 5.97 Å². The van der Waals surface area contributed by atoms with E-state index in [9.17, 15) is 4.79 Å². The highest BCUT2D eigenvalue weighted by Gasteiger charge is 2.19. The van der Waals surface area contributed by atoms with Crippen LogP contribution in [0.3, 0.4) is 0 Å². The molecular weight excluding hydrogens is 220 g/mol. The van der Waals surface area contributed by atoms with Gasteiger partial charge in [0.2, 0.25) is 0 Å². The Morgan fingerprint density at radius 1 is 1.47 bits per heavy atom. The molecule has 0 atom stereocenters. The zero-order chi connectivity index (χ0) is 12.1. The molecule has 0 bridgehead atoms. The van der Waals surface area contributed by atoms with E-state index in [0.29, 0.717) is 18.2 Å². The number of nitrogens with zero attached hydrogens (tertiary/aromatic N) is 2. The zero-order valence-corrected chi connectivity index (χ0v) is 9.89. The Balaban J connectivity index is 2.12. The third-order valence-electron chi connectivity index (χ3n) is 2.81. The molecule has 0 spiro atoms. The Morgan fingerprint density at radius 3 is 2.94 bits per heavy atom. The fourth-order valence-electron chi connectivity index (χ4n) is 1.91. The van der Waals surface area contributed by atoms with Crippen LogP contribution in [0.5, 0.6) is 0 Å². The van der Waals surface area contributed by atoms with Gasteiger partial charge in [0.05, 0.1) is 6.61 Å². The molecule has 1 aromatic heterocycles. The van der Waals surface area contributed by atoms with Crippen molar-refractivity contribution in [2.75, 3.05) is 19.8 Å². The maximum atomic E-state index is 11.5. The van der Waals surface area contributed by atoms with Crippen LogP contribution in [0.25, 0.3) is 0 Å². The first kappa shape index (κ1) is 12.0. The van der Waals surface area contributed by atoms with Crippen LogP contribution in [-0.2, 0) is 9.47 Å². The van der Waals surface area contributed by atoms with Crippen molar-refractivity contribution in [1.82, 2.24) is 9.97 Å². The number of ether oxygens (including phenoxy) is 2. The zero-order valence-electron chi connectivity index (χ0n) is 9.89. The summed E-state index contributed by atoms with van der Waals surface area (Å²) >= 11 is 0. The Kier molecular flexibility index (Phi) is 4.03. The van der Waals surface area contributed by atoms with Crippen molar-refractivity contribution in [3.05, 3.63) is 23.8 Å².